The number of rotatable bonds is 5. The van der Waals surface area contributed by atoms with Crippen LogP contribution in [0, 0.1) is 0 Å². The second kappa shape index (κ2) is 6.69. The van der Waals surface area contributed by atoms with Crippen LogP contribution in [-0.4, -0.2) is 14.3 Å². The van der Waals surface area contributed by atoms with Crippen LogP contribution in [0.15, 0.2) is 59.5 Å². The SMILES string of the molecule is N[C@H](C(=O)NCc1ccc(S(N)(=O)=O)cc1)c1ccccc1. The van der Waals surface area contributed by atoms with Crippen LogP contribution in [0.25, 0.3) is 0 Å². The molecule has 0 fully saturated rings. The first-order valence-electron chi connectivity index (χ1n) is 6.58. The number of benzene rings is 2. The van der Waals surface area contributed by atoms with Gasteiger partial charge in [0.15, 0.2) is 0 Å². The predicted molar refractivity (Wildman–Crippen MR) is 83.0 cm³/mol. The second-order valence-electron chi connectivity index (χ2n) is 4.80. The van der Waals surface area contributed by atoms with E-state index in [1.165, 1.54) is 12.1 Å². The molecule has 0 saturated heterocycles. The van der Waals surface area contributed by atoms with Crippen molar-refractivity contribution in [3.63, 3.8) is 0 Å². The van der Waals surface area contributed by atoms with Crippen LogP contribution in [0.5, 0.6) is 0 Å². The van der Waals surface area contributed by atoms with Crippen molar-refractivity contribution < 1.29 is 13.2 Å². The van der Waals surface area contributed by atoms with Crippen LogP contribution in [0.4, 0.5) is 0 Å². The average Bonchev–Trinajstić information content (AvgIpc) is 2.52. The molecule has 1 amide bonds. The Morgan fingerprint density at radius 3 is 2.18 bits per heavy atom. The summed E-state index contributed by atoms with van der Waals surface area (Å²) < 4.78 is 22.3. The van der Waals surface area contributed by atoms with E-state index in [0.717, 1.165) is 11.1 Å². The van der Waals surface area contributed by atoms with Gasteiger partial charge in [-0.3, -0.25) is 4.79 Å². The minimum atomic E-state index is -3.71. The summed E-state index contributed by atoms with van der Waals surface area (Å²) in [6.07, 6.45) is 0. The van der Waals surface area contributed by atoms with Gasteiger partial charge in [0.25, 0.3) is 0 Å². The second-order valence-corrected chi connectivity index (χ2v) is 6.36. The van der Waals surface area contributed by atoms with E-state index in [1.54, 1.807) is 24.3 Å². The standard InChI is InChI=1S/C15H17N3O3S/c16-14(12-4-2-1-3-5-12)15(19)18-10-11-6-8-13(9-7-11)22(17,20)21/h1-9,14H,10,16H2,(H,18,19)(H2,17,20,21)/t14-/m0/s1. The van der Waals surface area contributed by atoms with Gasteiger partial charge in [-0.15, -0.1) is 0 Å². The predicted octanol–water partition coefficient (Wildman–Crippen LogP) is 0.650. The molecule has 22 heavy (non-hydrogen) atoms. The topological polar surface area (TPSA) is 115 Å². The zero-order valence-corrected chi connectivity index (χ0v) is 12.6. The molecular weight excluding hydrogens is 302 g/mol. The molecule has 2 aromatic carbocycles. The van der Waals surface area contributed by atoms with Crippen LogP contribution in [0.1, 0.15) is 17.2 Å². The molecule has 0 aliphatic carbocycles. The van der Waals surface area contributed by atoms with Crippen molar-refractivity contribution >= 4 is 15.9 Å². The van der Waals surface area contributed by atoms with Gasteiger partial charge in [0, 0.05) is 6.54 Å². The third kappa shape index (κ3) is 4.14. The summed E-state index contributed by atoms with van der Waals surface area (Å²) >= 11 is 0. The van der Waals surface area contributed by atoms with Gasteiger partial charge in [0.05, 0.1) is 4.90 Å². The maximum Gasteiger partial charge on any atom is 0.241 e. The summed E-state index contributed by atoms with van der Waals surface area (Å²) in [4.78, 5) is 12.0. The smallest absolute Gasteiger partial charge is 0.241 e. The summed E-state index contributed by atoms with van der Waals surface area (Å²) in [6, 6.07) is 14.3. The Labute approximate surface area is 129 Å². The lowest BCUT2D eigenvalue weighted by Crippen LogP contribution is -2.33. The lowest BCUT2D eigenvalue weighted by atomic mass is 10.1. The minimum Gasteiger partial charge on any atom is -0.350 e. The van der Waals surface area contributed by atoms with Gasteiger partial charge < -0.3 is 11.1 Å². The first-order valence-corrected chi connectivity index (χ1v) is 8.12. The molecule has 0 aromatic heterocycles. The Bertz CT molecular complexity index is 743. The lowest BCUT2D eigenvalue weighted by Gasteiger charge is -2.12. The van der Waals surface area contributed by atoms with Gasteiger partial charge >= 0.3 is 0 Å². The van der Waals surface area contributed by atoms with E-state index in [1.807, 2.05) is 18.2 Å². The summed E-state index contributed by atoms with van der Waals surface area (Å²) in [7, 11) is -3.71. The number of amides is 1. The molecule has 0 spiro atoms. The molecule has 116 valence electrons. The normalized spacial score (nSPS) is 12.6. The fourth-order valence-electron chi connectivity index (χ4n) is 1.91. The van der Waals surface area contributed by atoms with Gasteiger partial charge in [-0.25, -0.2) is 13.6 Å². The number of carbonyl (C=O) groups is 1. The molecular formula is C15H17N3O3S. The van der Waals surface area contributed by atoms with Crippen LogP contribution in [0.2, 0.25) is 0 Å². The maximum absolute atomic E-state index is 12.0. The van der Waals surface area contributed by atoms with E-state index in [-0.39, 0.29) is 17.3 Å². The monoisotopic (exact) mass is 319 g/mol. The number of nitrogens with one attached hydrogen (secondary N) is 1. The number of sulfonamides is 1. The van der Waals surface area contributed by atoms with E-state index in [9.17, 15) is 13.2 Å². The Kier molecular flexibility index (Phi) is 4.92. The van der Waals surface area contributed by atoms with Crippen molar-refractivity contribution in [3.05, 3.63) is 65.7 Å². The fourth-order valence-corrected chi connectivity index (χ4v) is 2.42. The van der Waals surface area contributed by atoms with Gasteiger partial charge in [-0.05, 0) is 23.3 Å². The highest BCUT2D eigenvalue weighted by Crippen LogP contribution is 2.11. The molecule has 0 bridgehead atoms. The molecule has 0 unspecified atom stereocenters. The van der Waals surface area contributed by atoms with E-state index in [0.29, 0.717) is 0 Å². The van der Waals surface area contributed by atoms with Crippen LogP contribution in [0.3, 0.4) is 0 Å². The largest absolute Gasteiger partial charge is 0.350 e. The molecule has 5 N–H and O–H groups in total. The van der Waals surface area contributed by atoms with Gasteiger partial charge in [0.2, 0.25) is 15.9 Å². The summed E-state index contributed by atoms with van der Waals surface area (Å²) in [6.45, 7) is 0.254. The van der Waals surface area contributed by atoms with Crippen LogP contribution >= 0.6 is 0 Å². The Morgan fingerprint density at radius 1 is 1.05 bits per heavy atom. The Balaban J connectivity index is 1.97. The first kappa shape index (κ1) is 16.2. The molecule has 6 nitrogen and oxygen atoms in total. The molecule has 0 aliphatic heterocycles. The number of hydrogen-bond acceptors (Lipinski definition) is 4. The van der Waals surface area contributed by atoms with Crippen molar-refractivity contribution in [3.8, 4) is 0 Å². The quantitative estimate of drug-likeness (QED) is 0.750. The van der Waals surface area contributed by atoms with Crippen LogP contribution < -0.4 is 16.2 Å². The van der Waals surface area contributed by atoms with Crippen molar-refractivity contribution in [2.45, 2.75) is 17.5 Å². The Morgan fingerprint density at radius 2 is 1.64 bits per heavy atom. The molecule has 1 atom stereocenters. The zero-order valence-electron chi connectivity index (χ0n) is 11.8. The molecule has 0 heterocycles. The van der Waals surface area contributed by atoms with Crippen molar-refractivity contribution in [1.29, 1.82) is 0 Å². The highest BCUT2D eigenvalue weighted by Gasteiger charge is 2.15. The number of hydrogen-bond donors (Lipinski definition) is 3. The summed E-state index contributed by atoms with van der Waals surface area (Å²) in [5.74, 6) is -0.304. The van der Waals surface area contributed by atoms with E-state index in [4.69, 9.17) is 10.9 Å². The summed E-state index contributed by atoms with van der Waals surface area (Å²) in [5.41, 5.74) is 7.35. The summed E-state index contributed by atoms with van der Waals surface area (Å²) in [5, 5.41) is 7.73. The maximum atomic E-state index is 12.0. The van der Waals surface area contributed by atoms with Crippen molar-refractivity contribution in [1.82, 2.24) is 5.32 Å². The Hall–Kier alpha value is -2.22. The highest BCUT2D eigenvalue weighted by atomic mass is 32.2. The minimum absolute atomic E-state index is 0.0311. The van der Waals surface area contributed by atoms with Crippen LogP contribution in [-0.2, 0) is 21.4 Å². The van der Waals surface area contributed by atoms with Gasteiger partial charge in [-0.2, -0.15) is 0 Å². The van der Waals surface area contributed by atoms with E-state index in [2.05, 4.69) is 5.32 Å². The molecule has 2 rings (SSSR count). The number of nitrogens with two attached hydrogens (primary N) is 2. The number of carbonyl (C=O) groups excluding carboxylic acids is 1. The fraction of sp³-hybridized carbons (Fsp3) is 0.133. The van der Waals surface area contributed by atoms with E-state index < -0.39 is 16.1 Å². The third-order valence-corrected chi connectivity index (χ3v) is 4.09. The first-order chi connectivity index (χ1) is 10.4. The molecule has 0 aliphatic rings. The highest BCUT2D eigenvalue weighted by molar-refractivity contribution is 7.89. The number of primary sulfonamides is 1. The third-order valence-electron chi connectivity index (χ3n) is 3.16. The van der Waals surface area contributed by atoms with Crippen molar-refractivity contribution in [2.75, 3.05) is 0 Å². The molecule has 7 heteroatoms. The molecule has 0 saturated carbocycles. The van der Waals surface area contributed by atoms with E-state index >= 15 is 0 Å². The van der Waals surface area contributed by atoms with Gasteiger partial charge in [-0.1, -0.05) is 42.5 Å². The zero-order chi connectivity index (χ0) is 16.2. The molecule has 2 aromatic rings. The average molecular weight is 319 g/mol. The lowest BCUT2D eigenvalue weighted by molar-refractivity contribution is -0.122. The molecule has 0 radical (unpaired) electrons. The van der Waals surface area contributed by atoms with Crippen molar-refractivity contribution in [2.24, 2.45) is 10.9 Å². The van der Waals surface area contributed by atoms with Gasteiger partial charge in [0.1, 0.15) is 6.04 Å².